The number of ether oxygens (including phenoxy) is 2. The summed E-state index contributed by atoms with van der Waals surface area (Å²) < 4.78 is 10.6. The first-order valence-corrected chi connectivity index (χ1v) is 9.58. The Hall–Kier alpha value is -2.77. The smallest absolute Gasteiger partial charge is 0.279 e. The molecule has 0 saturated heterocycles. The Balaban J connectivity index is 1.87. The van der Waals surface area contributed by atoms with Crippen LogP contribution in [0.3, 0.4) is 0 Å². The Kier molecular flexibility index (Phi) is 8.30. The van der Waals surface area contributed by atoms with E-state index >= 15 is 0 Å². The summed E-state index contributed by atoms with van der Waals surface area (Å²) in [6.07, 6.45) is 0. The zero-order valence-electron chi connectivity index (χ0n) is 17.0. The van der Waals surface area contributed by atoms with Crippen LogP contribution in [0.5, 0.6) is 11.5 Å². The number of carbonyl (C=O) groups excluding carboxylic acids is 2. The minimum Gasteiger partial charge on any atom is -0.497 e. The molecular weight excluding hydrogens is 394 g/mol. The molecule has 156 valence electrons. The van der Waals surface area contributed by atoms with Gasteiger partial charge >= 0.3 is 0 Å². The van der Waals surface area contributed by atoms with Gasteiger partial charge in [-0.05, 0) is 49.4 Å². The highest BCUT2D eigenvalue weighted by molar-refractivity contribution is 6.30. The largest absolute Gasteiger partial charge is 0.497 e. The fourth-order valence-electron chi connectivity index (χ4n) is 2.90. The summed E-state index contributed by atoms with van der Waals surface area (Å²) in [6, 6.07) is 12.0. The number of quaternary nitrogens is 1. The fraction of sp³-hybridized carbons (Fsp3) is 0.333. The lowest BCUT2D eigenvalue weighted by molar-refractivity contribution is -0.862. The second-order valence-electron chi connectivity index (χ2n) is 6.76. The molecule has 8 heteroatoms. The first-order chi connectivity index (χ1) is 13.8. The third-order valence-electron chi connectivity index (χ3n) is 4.33. The molecule has 3 N–H and O–H groups in total. The van der Waals surface area contributed by atoms with E-state index < -0.39 is 0 Å². The number of amides is 2. The van der Waals surface area contributed by atoms with Crippen molar-refractivity contribution in [3.8, 4) is 11.5 Å². The van der Waals surface area contributed by atoms with E-state index in [0.29, 0.717) is 22.2 Å². The molecule has 2 atom stereocenters. The lowest BCUT2D eigenvalue weighted by Gasteiger charge is -2.19. The SMILES string of the molecule is COc1ccc(OC)c([C@@H](C)NC(=O)C[NH+](C)CC(=O)Nc2ccc(Cl)cc2)c1. The molecule has 0 heterocycles. The third kappa shape index (κ3) is 6.96. The number of carbonyl (C=O) groups is 2. The van der Waals surface area contributed by atoms with Crippen LogP contribution in [-0.2, 0) is 9.59 Å². The molecular formula is C21H27ClN3O4+. The van der Waals surface area contributed by atoms with E-state index in [1.165, 1.54) is 0 Å². The van der Waals surface area contributed by atoms with Crippen molar-refractivity contribution >= 4 is 29.1 Å². The molecule has 2 aromatic rings. The average molecular weight is 421 g/mol. The second kappa shape index (κ2) is 10.7. The summed E-state index contributed by atoms with van der Waals surface area (Å²) in [4.78, 5) is 25.3. The van der Waals surface area contributed by atoms with Gasteiger partial charge in [-0.25, -0.2) is 0 Å². The van der Waals surface area contributed by atoms with E-state index in [0.717, 1.165) is 10.5 Å². The Morgan fingerprint density at radius 2 is 1.69 bits per heavy atom. The van der Waals surface area contributed by atoms with Gasteiger partial charge in [0.25, 0.3) is 11.8 Å². The van der Waals surface area contributed by atoms with Crippen LogP contribution in [0.25, 0.3) is 0 Å². The van der Waals surface area contributed by atoms with Crippen LogP contribution in [0.1, 0.15) is 18.5 Å². The van der Waals surface area contributed by atoms with Gasteiger partial charge < -0.3 is 25.0 Å². The molecule has 2 amide bonds. The quantitative estimate of drug-likeness (QED) is 0.576. The van der Waals surface area contributed by atoms with Gasteiger partial charge in [-0.2, -0.15) is 0 Å². The van der Waals surface area contributed by atoms with E-state index in [4.69, 9.17) is 21.1 Å². The molecule has 0 aliphatic rings. The number of rotatable bonds is 9. The number of nitrogens with one attached hydrogen (secondary N) is 3. The summed E-state index contributed by atoms with van der Waals surface area (Å²) in [5.41, 5.74) is 1.48. The maximum Gasteiger partial charge on any atom is 0.279 e. The molecule has 0 radical (unpaired) electrons. The van der Waals surface area contributed by atoms with Crippen LogP contribution in [0.4, 0.5) is 5.69 Å². The standard InChI is InChI=1S/C21H26ClN3O4/c1-14(18-11-17(28-3)9-10-19(18)29-4)23-20(26)12-25(2)13-21(27)24-16-7-5-15(22)6-8-16/h5-11,14H,12-13H2,1-4H3,(H,23,26)(H,24,27)/p+1/t14-/m1/s1. The zero-order chi connectivity index (χ0) is 21.4. The lowest BCUT2D eigenvalue weighted by Crippen LogP contribution is -3.11. The molecule has 0 saturated carbocycles. The molecule has 0 aliphatic heterocycles. The molecule has 0 spiro atoms. The Labute approximate surface area is 175 Å². The number of methoxy groups -OCH3 is 2. The number of halogens is 1. The molecule has 29 heavy (non-hydrogen) atoms. The van der Waals surface area contributed by atoms with E-state index in [2.05, 4.69) is 10.6 Å². The summed E-state index contributed by atoms with van der Waals surface area (Å²) in [5.74, 6) is 1.00. The van der Waals surface area contributed by atoms with Gasteiger partial charge in [0.05, 0.1) is 27.3 Å². The van der Waals surface area contributed by atoms with E-state index in [1.54, 1.807) is 57.7 Å². The normalized spacial score (nSPS) is 12.6. The van der Waals surface area contributed by atoms with Crippen molar-refractivity contribution in [2.45, 2.75) is 13.0 Å². The van der Waals surface area contributed by atoms with Crippen LogP contribution < -0.4 is 25.0 Å². The van der Waals surface area contributed by atoms with Crippen molar-refractivity contribution in [3.63, 3.8) is 0 Å². The molecule has 0 fully saturated rings. The van der Waals surface area contributed by atoms with Gasteiger partial charge in [-0.15, -0.1) is 0 Å². The van der Waals surface area contributed by atoms with Gasteiger partial charge in [0.2, 0.25) is 0 Å². The fourth-order valence-corrected chi connectivity index (χ4v) is 3.02. The second-order valence-corrected chi connectivity index (χ2v) is 7.20. The summed E-state index contributed by atoms with van der Waals surface area (Å²) >= 11 is 5.84. The van der Waals surface area contributed by atoms with Crippen molar-refractivity contribution in [3.05, 3.63) is 53.1 Å². The molecule has 0 aliphatic carbocycles. The Morgan fingerprint density at radius 1 is 1.03 bits per heavy atom. The van der Waals surface area contributed by atoms with Crippen molar-refractivity contribution < 1.29 is 24.0 Å². The Morgan fingerprint density at radius 3 is 2.31 bits per heavy atom. The predicted octanol–water partition coefficient (Wildman–Crippen LogP) is 1.69. The minimum atomic E-state index is -0.275. The topological polar surface area (TPSA) is 81.1 Å². The van der Waals surface area contributed by atoms with Gasteiger partial charge in [-0.1, -0.05) is 11.6 Å². The predicted molar refractivity (Wildman–Crippen MR) is 113 cm³/mol. The minimum absolute atomic E-state index is 0.157. The summed E-state index contributed by atoms with van der Waals surface area (Å²) in [6.45, 7) is 2.19. The molecule has 2 aromatic carbocycles. The molecule has 0 aromatic heterocycles. The van der Waals surface area contributed by atoms with Crippen LogP contribution in [0.15, 0.2) is 42.5 Å². The zero-order valence-corrected chi connectivity index (χ0v) is 17.8. The maximum absolute atomic E-state index is 12.4. The summed E-state index contributed by atoms with van der Waals surface area (Å²) in [7, 11) is 4.96. The van der Waals surface area contributed by atoms with Gasteiger partial charge in [0.1, 0.15) is 11.5 Å². The van der Waals surface area contributed by atoms with Crippen LogP contribution in [-0.4, -0.2) is 46.2 Å². The molecule has 7 nitrogen and oxygen atoms in total. The molecule has 1 unspecified atom stereocenters. The third-order valence-corrected chi connectivity index (χ3v) is 4.59. The van der Waals surface area contributed by atoms with E-state index in [-0.39, 0.29) is 30.9 Å². The average Bonchev–Trinajstić information content (AvgIpc) is 2.68. The van der Waals surface area contributed by atoms with Crippen LogP contribution >= 0.6 is 11.6 Å². The molecule has 0 bridgehead atoms. The van der Waals surface area contributed by atoms with Crippen molar-refractivity contribution in [1.29, 1.82) is 0 Å². The number of likely N-dealkylation sites (N-methyl/N-ethyl adjacent to an activating group) is 1. The number of anilines is 1. The highest BCUT2D eigenvalue weighted by atomic mass is 35.5. The first kappa shape index (κ1) is 22.5. The maximum atomic E-state index is 12.4. The van der Waals surface area contributed by atoms with Crippen molar-refractivity contribution in [1.82, 2.24) is 5.32 Å². The van der Waals surface area contributed by atoms with Gasteiger partial charge in [0, 0.05) is 16.3 Å². The van der Waals surface area contributed by atoms with E-state index in [9.17, 15) is 9.59 Å². The Bertz CT molecular complexity index is 842. The summed E-state index contributed by atoms with van der Waals surface area (Å²) in [5, 5.41) is 6.33. The molecule has 2 rings (SSSR count). The van der Waals surface area contributed by atoms with Gasteiger partial charge in [-0.3, -0.25) is 9.59 Å². The number of hydrogen-bond acceptors (Lipinski definition) is 4. The van der Waals surface area contributed by atoms with Crippen molar-refractivity contribution in [2.75, 3.05) is 39.7 Å². The monoisotopic (exact) mass is 420 g/mol. The number of hydrogen-bond donors (Lipinski definition) is 3. The lowest BCUT2D eigenvalue weighted by atomic mass is 10.1. The van der Waals surface area contributed by atoms with Crippen LogP contribution in [0.2, 0.25) is 5.02 Å². The number of benzene rings is 2. The van der Waals surface area contributed by atoms with Gasteiger partial charge in [0.15, 0.2) is 13.1 Å². The highest BCUT2D eigenvalue weighted by Gasteiger charge is 2.19. The highest BCUT2D eigenvalue weighted by Crippen LogP contribution is 2.29. The van der Waals surface area contributed by atoms with Crippen molar-refractivity contribution in [2.24, 2.45) is 0 Å². The van der Waals surface area contributed by atoms with Crippen LogP contribution in [0, 0.1) is 0 Å². The van der Waals surface area contributed by atoms with E-state index in [1.807, 2.05) is 13.0 Å². The first-order valence-electron chi connectivity index (χ1n) is 9.20.